The van der Waals surface area contributed by atoms with Crippen LogP contribution in [-0.2, 0) is 6.54 Å². The second-order valence-electron chi connectivity index (χ2n) is 3.90. The van der Waals surface area contributed by atoms with E-state index in [9.17, 15) is 0 Å². The van der Waals surface area contributed by atoms with Crippen LogP contribution in [-0.4, -0.2) is 14.8 Å². The Morgan fingerprint density at radius 1 is 1.17 bits per heavy atom. The molecule has 3 rings (SSSR count). The Kier molecular flexibility index (Phi) is 2.79. The van der Waals surface area contributed by atoms with E-state index in [1.165, 1.54) is 0 Å². The van der Waals surface area contributed by atoms with E-state index in [4.69, 9.17) is 4.42 Å². The minimum absolute atomic E-state index is 0.738. The summed E-state index contributed by atoms with van der Waals surface area (Å²) in [5, 5.41) is 10.9. The summed E-state index contributed by atoms with van der Waals surface area (Å²) < 4.78 is 6.89. The van der Waals surface area contributed by atoms with E-state index in [0.29, 0.717) is 0 Å². The van der Waals surface area contributed by atoms with Crippen molar-refractivity contribution >= 4 is 5.69 Å². The van der Waals surface area contributed by atoms with Gasteiger partial charge in [0.15, 0.2) is 0 Å². The maximum absolute atomic E-state index is 5.02. The molecule has 0 fully saturated rings. The zero-order valence-electron chi connectivity index (χ0n) is 9.65. The second kappa shape index (κ2) is 4.75. The molecule has 90 valence electrons. The maximum Gasteiger partial charge on any atom is 0.123 e. The molecule has 3 aromatic rings. The van der Waals surface area contributed by atoms with Gasteiger partial charge in [-0.1, -0.05) is 6.07 Å². The molecule has 0 aliphatic heterocycles. The number of aromatic nitrogens is 3. The van der Waals surface area contributed by atoms with Crippen LogP contribution >= 0.6 is 0 Å². The van der Waals surface area contributed by atoms with Crippen LogP contribution in [0.4, 0.5) is 5.69 Å². The number of anilines is 1. The van der Waals surface area contributed by atoms with Crippen molar-refractivity contribution in [3.63, 3.8) is 0 Å². The summed E-state index contributed by atoms with van der Waals surface area (Å²) in [6, 6.07) is 10.0. The Balaban J connectivity index is 1.75. The van der Waals surface area contributed by atoms with Crippen LogP contribution < -0.4 is 5.32 Å². The summed E-state index contributed by atoms with van der Waals surface area (Å²) in [6.45, 7) is 0.738. The molecule has 0 atom stereocenters. The van der Waals surface area contributed by atoms with Gasteiger partial charge >= 0.3 is 0 Å². The van der Waals surface area contributed by atoms with E-state index in [1.807, 2.05) is 34.9 Å². The lowest BCUT2D eigenvalue weighted by Crippen LogP contribution is -1.99. The van der Waals surface area contributed by atoms with Crippen LogP contribution in [0, 0.1) is 0 Å². The molecule has 2 aromatic heterocycles. The summed E-state index contributed by atoms with van der Waals surface area (Å²) in [7, 11) is 0. The number of nitrogens with zero attached hydrogens (tertiary/aromatic N) is 3. The third-order valence-electron chi connectivity index (χ3n) is 2.64. The molecule has 2 heterocycles. The number of nitrogens with one attached hydrogen (secondary N) is 1. The Hall–Kier alpha value is -2.56. The highest BCUT2D eigenvalue weighted by Gasteiger charge is 1.99. The summed E-state index contributed by atoms with van der Waals surface area (Å²) in [5.41, 5.74) is 3.18. The minimum atomic E-state index is 0.738. The maximum atomic E-state index is 5.02. The largest absolute Gasteiger partial charge is 0.472 e. The predicted octanol–water partition coefficient (Wildman–Crippen LogP) is 2.47. The highest BCUT2D eigenvalue weighted by molar-refractivity contribution is 5.51. The van der Waals surface area contributed by atoms with Gasteiger partial charge in [0.25, 0.3) is 0 Å². The van der Waals surface area contributed by atoms with Crippen molar-refractivity contribution < 1.29 is 4.42 Å². The molecule has 0 aliphatic rings. The molecule has 0 unspecified atom stereocenters. The molecule has 18 heavy (non-hydrogen) atoms. The van der Waals surface area contributed by atoms with Crippen molar-refractivity contribution in [3.8, 4) is 5.69 Å². The van der Waals surface area contributed by atoms with Gasteiger partial charge in [-0.2, -0.15) is 0 Å². The Bertz CT molecular complexity index is 602. The predicted molar refractivity (Wildman–Crippen MR) is 67.4 cm³/mol. The zero-order chi connectivity index (χ0) is 12.2. The van der Waals surface area contributed by atoms with Crippen molar-refractivity contribution in [2.24, 2.45) is 0 Å². The SMILES string of the molecule is c1cc(NCc2ccoc2)cc(-n2cnnc2)c1. The number of furan rings is 1. The highest BCUT2D eigenvalue weighted by Crippen LogP contribution is 2.15. The first-order valence-electron chi connectivity index (χ1n) is 5.62. The van der Waals surface area contributed by atoms with Gasteiger partial charge in [0.05, 0.1) is 18.2 Å². The molecule has 0 aliphatic carbocycles. The van der Waals surface area contributed by atoms with E-state index >= 15 is 0 Å². The third kappa shape index (κ3) is 2.24. The summed E-state index contributed by atoms with van der Waals surface area (Å²) in [4.78, 5) is 0. The van der Waals surface area contributed by atoms with Gasteiger partial charge in [-0.25, -0.2) is 0 Å². The second-order valence-corrected chi connectivity index (χ2v) is 3.90. The van der Waals surface area contributed by atoms with Crippen molar-refractivity contribution in [1.29, 1.82) is 0 Å². The van der Waals surface area contributed by atoms with Gasteiger partial charge in [0.2, 0.25) is 0 Å². The highest BCUT2D eigenvalue weighted by atomic mass is 16.3. The van der Waals surface area contributed by atoms with Gasteiger partial charge in [-0.05, 0) is 24.3 Å². The zero-order valence-corrected chi connectivity index (χ0v) is 9.65. The van der Waals surface area contributed by atoms with Crippen molar-refractivity contribution in [1.82, 2.24) is 14.8 Å². The summed E-state index contributed by atoms with van der Waals surface area (Å²) in [6.07, 6.45) is 6.76. The number of hydrogen-bond donors (Lipinski definition) is 1. The van der Waals surface area contributed by atoms with Gasteiger partial charge in [0.1, 0.15) is 12.7 Å². The van der Waals surface area contributed by atoms with Crippen molar-refractivity contribution in [2.45, 2.75) is 6.54 Å². The molecule has 1 N–H and O–H groups in total. The minimum Gasteiger partial charge on any atom is -0.472 e. The molecule has 1 aromatic carbocycles. The molecule has 0 radical (unpaired) electrons. The van der Waals surface area contributed by atoms with E-state index in [1.54, 1.807) is 25.2 Å². The fourth-order valence-corrected chi connectivity index (χ4v) is 1.71. The van der Waals surface area contributed by atoms with Crippen molar-refractivity contribution in [3.05, 3.63) is 61.1 Å². The van der Waals surface area contributed by atoms with Crippen LogP contribution in [0.1, 0.15) is 5.56 Å². The van der Waals surface area contributed by atoms with Crippen LogP contribution in [0.25, 0.3) is 5.69 Å². The monoisotopic (exact) mass is 240 g/mol. The Labute approximate surface area is 104 Å². The van der Waals surface area contributed by atoms with Crippen LogP contribution in [0.5, 0.6) is 0 Å². The Morgan fingerprint density at radius 3 is 2.83 bits per heavy atom. The first-order chi connectivity index (χ1) is 8.92. The lowest BCUT2D eigenvalue weighted by Gasteiger charge is -2.07. The van der Waals surface area contributed by atoms with E-state index < -0.39 is 0 Å². The molecular formula is C13H12N4O. The average Bonchev–Trinajstić information content (AvgIpc) is 3.10. The molecule has 0 saturated heterocycles. The first kappa shape index (κ1) is 10.6. The Morgan fingerprint density at radius 2 is 2.06 bits per heavy atom. The molecule has 5 heteroatoms. The van der Waals surface area contributed by atoms with E-state index in [-0.39, 0.29) is 0 Å². The number of rotatable bonds is 4. The lowest BCUT2D eigenvalue weighted by atomic mass is 10.2. The van der Waals surface area contributed by atoms with Gasteiger partial charge in [0, 0.05) is 17.8 Å². The van der Waals surface area contributed by atoms with Gasteiger partial charge in [-0.15, -0.1) is 10.2 Å². The van der Waals surface area contributed by atoms with E-state index in [0.717, 1.165) is 23.5 Å². The van der Waals surface area contributed by atoms with Crippen LogP contribution in [0.15, 0.2) is 59.9 Å². The molecular weight excluding hydrogens is 228 g/mol. The third-order valence-corrected chi connectivity index (χ3v) is 2.64. The molecule has 0 saturated carbocycles. The quantitative estimate of drug-likeness (QED) is 0.761. The number of benzene rings is 1. The number of hydrogen-bond acceptors (Lipinski definition) is 4. The normalized spacial score (nSPS) is 10.4. The van der Waals surface area contributed by atoms with Gasteiger partial charge < -0.3 is 9.73 Å². The molecule has 0 bridgehead atoms. The van der Waals surface area contributed by atoms with Crippen LogP contribution in [0.3, 0.4) is 0 Å². The van der Waals surface area contributed by atoms with Gasteiger partial charge in [-0.3, -0.25) is 4.57 Å². The lowest BCUT2D eigenvalue weighted by molar-refractivity contribution is 0.564. The standard InChI is InChI=1S/C13H12N4O/c1-2-12(14-7-11-4-5-18-8-11)6-13(3-1)17-9-15-16-10-17/h1-6,8-10,14H,7H2. The first-order valence-corrected chi connectivity index (χ1v) is 5.62. The molecule has 0 spiro atoms. The molecule has 5 nitrogen and oxygen atoms in total. The van der Waals surface area contributed by atoms with E-state index in [2.05, 4.69) is 15.5 Å². The smallest absolute Gasteiger partial charge is 0.123 e. The fraction of sp³-hybridized carbons (Fsp3) is 0.0769. The topological polar surface area (TPSA) is 55.9 Å². The van der Waals surface area contributed by atoms with Crippen molar-refractivity contribution in [2.75, 3.05) is 5.32 Å². The molecule has 0 amide bonds. The average molecular weight is 240 g/mol. The van der Waals surface area contributed by atoms with Crippen LogP contribution in [0.2, 0.25) is 0 Å². The summed E-state index contributed by atoms with van der Waals surface area (Å²) >= 11 is 0. The summed E-state index contributed by atoms with van der Waals surface area (Å²) in [5.74, 6) is 0. The fourth-order valence-electron chi connectivity index (χ4n) is 1.71.